The van der Waals surface area contributed by atoms with E-state index in [1.807, 2.05) is 0 Å². The molecule has 0 aliphatic heterocycles. The zero-order valence-corrected chi connectivity index (χ0v) is 11.6. The Kier molecular flexibility index (Phi) is 6.03. The lowest BCUT2D eigenvalue weighted by Gasteiger charge is -2.19. The number of halogens is 1. The van der Waals surface area contributed by atoms with Crippen molar-refractivity contribution in [1.82, 2.24) is 0 Å². The van der Waals surface area contributed by atoms with Crippen LogP contribution in [0.15, 0.2) is 22.7 Å². The first-order chi connectivity index (χ1) is 8.56. The second-order valence-electron chi connectivity index (χ2n) is 3.65. The fraction of sp³-hybridized carbons (Fsp3) is 0.455. The van der Waals surface area contributed by atoms with Gasteiger partial charge in [-0.3, -0.25) is 10.1 Å². The van der Waals surface area contributed by atoms with E-state index in [-0.39, 0.29) is 18.9 Å². The van der Waals surface area contributed by atoms with Gasteiger partial charge < -0.3 is 14.7 Å². The van der Waals surface area contributed by atoms with Crippen molar-refractivity contribution in [3.63, 3.8) is 0 Å². The third kappa shape index (κ3) is 4.25. The van der Waals surface area contributed by atoms with Gasteiger partial charge in [0.2, 0.25) is 0 Å². The van der Waals surface area contributed by atoms with Crippen molar-refractivity contribution >= 4 is 27.3 Å². The molecule has 1 N–H and O–H groups in total. The summed E-state index contributed by atoms with van der Waals surface area (Å²) in [6.07, 6.45) is 0. The molecule has 0 fully saturated rings. The zero-order chi connectivity index (χ0) is 13.5. The molecule has 0 radical (unpaired) electrons. The van der Waals surface area contributed by atoms with Crippen molar-refractivity contribution in [2.75, 3.05) is 38.3 Å². The van der Waals surface area contributed by atoms with Crippen LogP contribution in [0, 0.1) is 10.1 Å². The molecule has 0 heterocycles. The van der Waals surface area contributed by atoms with Crippen LogP contribution in [-0.2, 0) is 4.74 Å². The number of ether oxygens (including phenoxy) is 1. The van der Waals surface area contributed by atoms with Crippen LogP contribution >= 0.6 is 15.9 Å². The van der Waals surface area contributed by atoms with Gasteiger partial charge >= 0.3 is 0 Å². The summed E-state index contributed by atoms with van der Waals surface area (Å²) in [4.78, 5) is 12.3. The van der Waals surface area contributed by atoms with Crippen LogP contribution in [-0.4, -0.2) is 43.4 Å². The number of hydrogen-bond donors (Lipinski definition) is 1. The Balaban J connectivity index is 2.74. The van der Waals surface area contributed by atoms with Crippen LogP contribution in [0.1, 0.15) is 0 Å². The quantitative estimate of drug-likeness (QED) is 0.471. The second kappa shape index (κ2) is 7.30. The van der Waals surface area contributed by atoms with E-state index in [4.69, 9.17) is 9.84 Å². The van der Waals surface area contributed by atoms with Crippen LogP contribution in [0.2, 0.25) is 0 Å². The highest BCUT2D eigenvalue weighted by atomic mass is 79.9. The number of likely N-dealkylation sites (N-methyl/N-ethyl adjacent to an activating group) is 1. The molecule has 6 nitrogen and oxygen atoms in total. The van der Waals surface area contributed by atoms with E-state index < -0.39 is 4.92 Å². The van der Waals surface area contributed by atoms with Gasteiger partial charge in [-0.1, -0.05) is 15.9 Å². The molecule has 1 rings (SSSR count). The van der Waals surface area contributed by atoms with Gasteiger partial charge in [0.05, 0.1) is 24.7 Å². The van der Waals surface area contributed by atoms with Crippen molar-refractivity contribution in [3.05, 3.63) is 32.8 Å². The Morgan fingerprint density at radius 2 is 2.22 bits per heavy atom. The first-order valence-electron chi connectivity index (χ1n) is 5.40. The average molecular weight is 319 g/mol. The molecule has 0 bridgehead atoms. The average Bonchev–Trinajstić information content (AvgIpc) is 2.34. The number of hydrogen-bond acceptors (Lipinski definition) is 5. The van der Waals surface area contributed by atoms with E-state index in [0.717, 1.165) is 4.47 Å². The number of aliphatic hydroxyl groups excluding tert-OH is 1. The van der Waals surface area contributed by atoms with Crippen molar-refractivity contribution < 1.29 is 14.8 Å². The third-order valence-corrected chi connectivity index (χ3v) is 2.85. The molecular formula is C11H15BrN2O4. The SMILES string of the molecule is CN(CCOCCO)c1cc(Br)ccc1[N+](=O)[O-]. The molecule has 18 heavy (non-hydrogen) atoms. The van der Waals surface area contributed by atoms with E-state index in [2.05, 4.69) is 15.9 Å². The number of nitrogens with zero attached hydrogens (tertiary/aromatic N) is 2. The lowest BCUT2D eigenvalue weighted by molar-refractivity contribution is -0.384. The van der Waals surface area contributed by atoms with Crippen LogP contribution in [0.4, 0.5) is 11.4 Å². The lowest BCUT2D eigenvalue weighted by atomic mass is 10.2. The zero-order valence-electron chi connectivity index (χ0n) is 10.0. The molecule has 0 atom stereocenters. The number of anilines is 1. The van der Waals surface area contributed by atoms with Gasteiger partial charge in [0.15, 0.2) is 0 Å². The fourth-order valence-corrected chi connectivity index (χ4v) is 1.79. The minimum atomic E-state index is -0.410. The van der Waals surface area contributed by atoms with E-state index in [1.165, 1.54) is 6.07 Å². The van der Waals surface area contributed by atoms with Gasteiger partial charge in [0.25, 0.3) is 5.69 Å². The topological polar surface area (TPSA) is 75.8 Å². The Bertz CT molecular complexity index is 414. The largest absolute Gasteiger partial charge is 0.394 e. The molecule has 0 aromatic heterocycles. The Labute approximate surface area is 113 Å². The summed E-state index contributed by atoms with van der Waals surface area (Å²) in [6, 6.07) is 4.80. The monoisotopic (exact) mass is 318 g/mol. The van der Waals surface area contributed by atoms with Crippen LogP contribution < -0.4 is 4.90 Å². The Hall–Kier alpha value is -1.18. The van der Waals surface area contributed by atoms with Gasteiger partial charge in [-0.25, -0.2) is 0 Å². The summed E-state index contributed by atoms with van der Waals surface area (Å²) in [5.74, 6) is 0. The van der Waals surface area contributed by atoms with E-state index in [9.17, 15) is 10.1 Å². The first kappa shape index (κ1) is 14.9. The minimum absolute atomic E-state index is 0.0270. The Morgan fingerprint density at radius 3 is 2.83 bits per heavy atom. The number of benzene rings is 1. The maximum absolute atomic E-state index is 10.9. The Morgan fingerprint density at radius 1 is 1.50 bits per heavy atom. The fourth-order valence-electron chi connectivity index (χ4n) is 1.45. The molecule has 0 spiro atoms. The number of nitro benzene ring substituents is 1. The van der Waals surface area contributed by atoms with E-state index >= 15 is 0 Å². The molecule has 0 aliphatic carbocycles. The van der Waals surface area contributed by atoms with Crippen molar-refractivity contribution in [2.45, 2.75) is 0 Å². The molecule has 0 saturated heterocycles. The molecule has 1 aromatic carbocycles. The second-order valence-corrected chi connectivity index (χ2v) is 4.56. The highest BCUT2D eigenvalue weighted by Gasteiger charge is 2.17. The summed E-state index contributed by atoms with van der Waals surface area (Å²) >= 11 is 3.29. The first-order valence-corrected chi connectivity index (χ1v) is 6.19. The molecule has 1 aromatic rings. The minimum Gasteiger partial charge on any atom is -0.394 e. The number of nitro groups is 1. The molecule has 0 unspecified atom stereocenters. The van der Waals surface area contributed by atoms with Gasteiger partial charge in [-0.05, 0) is 12.1 Å². The van der Waals surface area contributed by atoms with Crippen LogP contribution in [0.3, 0.4) is 0 Å². The predicted octanol–water partition coefficient (Wildman–Crippen LogP) is 1.80. The van der Waals surface area contributed by atoms with Gasteiger partial charge in [0, 0.05) is 24.1 Å². The van der Waals surface area contributed by atoms with Crippen LogP contribution in [0.5, 0.6) is 0 Å². The van der Waals surface area contributed by atoms with Crippen molar-refractivity contribution in [1.29, 1.82) is 0 Å². The molecule has 7 heteroatoms. The number of aliphatic hydroxyl groups is 1. The molecule has 0 amide bonds. The highest BCUT2D eigenvalue weighted by molar-refractivity contribution is 9.10. The lowest BCUT2D eigenvalue weighted by Crippen LogP contribution is -2.24. The van der Waals surface area contributed by atoms with Gasteiger partial charge in [-0.15, -0.1) is 0 Å². The summed E-state index contributed by atoms with van der Waals surface area (Å²) in [5.41, 5.74) is 0.588. The van der Waals surface area contributed by atoms with E-state index in [0.29, 0.717) is 18.8 Å². The molecule has 100 valence electrons. The number of rotatable bonds is 7. The summed E-state index contributed by atoms with van der Waals surface area (Å²) < 4.78 is 5.92. The maximum Gasteiger partial charge on any atom is 0.292 e. The van der Waals surface area contributed by atoms with Crippen molar-refractivity contribution in [2.24, 2.45) is 0 Å². The normalized spacial score (nSPS) is 10.4. The summed E-state index contributed by atoms with van der Waals surface area (Å²) in [5, 5.41) is 19.5. The molecule has 0 aliphatic rings. The molecule has 0 saturated carbocycles. The smallest absolute Gasteiger partial charge is 0.292 e. The predicted molar refractivity (Wildman–Crippen MR) is 72.0 cm³/mol. The van der Waals surface area contributed by atoms with Gasteiger partial charge in [0.1, 0.15) is 5.69 Å². The van der Waals surface area contributed by atoms with Gasteiger partial charge in [-0.2, -0.15) is 0 Å². The third-order valence-electron chi connectivity index (χ3n) is 2.35. The standard InChI is InChI=1S/C11H15BrN2O4/c1-13(4-6-18-7-5-15)11-8-9(12)2-3-10(11)14(16)17/h2-3,8,15H,4-7H2,1H3. The van der Waals surface area contributed by atoms with Crippen molar-refractivity contribution in [3.8, 4) is 0 Å². The van der Waals surface area contributed by atoms with Crippen LogP contribution in [0.25, 0.3) is 0 Å². The molecular weight excluding hydrogens is 304 g/mol. The highest BCUT2D eigenvalue weighted by Crippen LogP contribution is 2.30. The summed E-state index contributed by atoms with van der Waals surface area (Å²) in [7, 11) is 1.76. The van der Waals surface area contributed by atoms with E-state index in [1.54, 1.807) is 24.1 Å². The summed E-state index contributed by atoms with van der Waals surface area (Å²) in [6.45, 7) is 1.16. The maximum atomic E-state index is 10.9.